The molecule has 6 aliphatic rings. The number of carbonyl (C=O) groups is 2. The van der Waals surface area contributed by atoms with Crippen LogP contribution in [0.2, 0.25) is 0 Å². The van der Waals surface area contributed by atoms with Crippen LogP contribution in [0, 0.1) is 52.8 Å². The number of esters is 2. The van der Waals surface area contributed by atoms with Gasteiger partial charge in [-0.1, -0.05) is 13.8 Å². The van der Waals surface area contributed by atoms with Crippen LogP contribution < -0.4 is 0 Å². The minimum absolute atomic E-state index is 0.151. The van der Waals surface area contributed by atoms with Crippen LogP contribution in [-0.4, -0.2) is 35.5 Å². The number of rotatable bonds is 4. The molecule has 9 atom stereocenters. The first kappa shape index (κ1) is 23.9. The zero-order valence-electron chi connectivity index (χ0n) is 19.7. The van der Waals surface area contributed by atoms with E-state index in [0.29, 0.717) is 30.6 Å². The standard InChI is InChI=1S/C25H30F6O4/c1-21(2)16-5-6-22(21,34-19(16)32)20(33)35-23(24(26,27)28,25(29,30)31)10-14-8-13-9-15(14)18-12-4-3-11(7-12)17(13)18/h11-18H,3-10H2,1-2H3. The van der Waals surface area contributed by atoms with E-state index in [0.717, 1.165) is 19.3 Å². The molecule has 0 aromatic carbocycles. The summed E-state index contributed by atoms with van der Waals surface area (Å²) in [5, 5.41) is 0. The Hall–Kier alpha value is -1.48. The molecule has 0 amide bonds. The maximum Gasteiger partial charge on any atom is 0.437 e. The molecule has 5 saturated carbocycles. The van der Waals surface area contributed by atoms with Crippen molar-refractivity contribution in [3.63, 3.8) is 0 Å². The summed E-state index contributed by atoms with van der Waals surface area (Å²) in [5.41, 5.74) is -8.02. The lowest BCUT2D eigenvalue weighted by molar-refractivity contribution is -0.378. The van der Waals surface area contributed by atoms with Gasteiger partial charge in [0, 0.05) is 11.8 Å². The Balaban J connectivity index is 1.33. The average Bonchev–Trinajstić information content (AvgIpc) is 3.53. The summed E-state index contributed by atoms with van der Waals surface area (Å²) in [6, 6.07) is 0. The van der Waals surface area contributed by atoms with E-state index in [2.05, 4.69) is 4.74 Å². The molecule has 0 radical (unpaired) electrons. The SMILES string of the molecule is CC1(C)C2CCC1(C(=O)OC(CC1CC3CC1C1C4CCC(C4)C31)(C(F)(F)F)C(F)(F)F)OC2=O. The van der Waals surface area contributed by atoms with Gasteiger partial charge < -0.3 is 9.47 Å². The van der Waals surface area contributed by atoms with E-state index in [9.17, 15) is 35.9 Å². The van der Waals surface area contributed by atoms with Gasteiger partial charge in [0.15, 0.2) is 0 Å². The van der Waals surface area contributed by atoms with Crippen molar-refractivity contribution in [1.82, 2.24) is 0 Å². The monoisotopic (exact) mass is 508 g/mol. The molecule has 1 aliphatic heterocycles. The molecule has 1 saturated heterocycles. The van der Waals surface area contributed by atoms with Crippen molar-refractivity contribution in [3.8, 4) is 0 Å². The highest BCUT2D eigenvalue weighted by Crippen LogP contribution is 2.70. The van der Waals surface area contributed by atoms with E-state index >= 15 is 0 Å². The van der Waals surface area contributed by atoms with Crippen molar-refractivity contribution < 1.29 is 45.4 Å². The highest BCUT2D eigenvalue weighted by atomic mass is 19.4. The fourth-order valence-corrected chi connectivity index (χ4v) is 9.65. The minimum Gasteiger partial charge on any atom is -0.446 e. The van der Waals surface area contributed by atoms with Gasteiger partial charge in [-0.2, -0.15) is 26.3 Å². The predicted octanol–water partition coefficient (Wildman–Crippen LogP) is 5.83. The highest BCUT2D eigenvalue weighted by Gasteiger charge is 2.79. The van der Waals surface area contributed by atoms with E-state index in [-0.39, 0.29) is 30.6 Å². The fraction of sp³-hybridized carbons (Fsp3) is 0.920. The molecule has 6 bridgehead atoms. The second-order valence-corrected chi connectivity index (χ2v) is 12.6. The maximum absolute atomic E-state index is 14.4. The largest absolute Gasteiger partial charge is 0.446 e. The van der Waals surface area contributed by atoms with Crippen molar-refractivity contribution in [1.29, 1.82) is 0 Å². The third kappa shape index (κ3) is 2.83. The first-order valence-electron chi connectivity index (χ1n) is 12.7. The zero-order chi connectivity index (χ0) is 25.3. The molecule has 5 aliphatic carbocycles. The molecule has 0 N–H and O–H groups in total. The van der Waals surface area contributed by atoms with Crippen molar-refractivity contribution >= 4 is 11.9 Å². The van der Waals surface area contributed by atoms with Crippen LogP contribution in [-0.2, 0) is 19.1 Å². The molecule has 0 aromatic heterocycles. The van der Waals surface area contributed by atoms with Crippen LogP contribution in [0.3, 0.4) is 0 Å². The number of halogens is 6. The molecule has 35 heavy (non-hydrogen) atoms. The molecule has 6 rings (SSSR count). The lowest BCUT2D eigenvalue weighted by Gasteiger charge is -2.45. The van der Waals surface area contributed by atoms with Gasteiger partial charge in [-0.25, -0.2) is 4.79 Å². The molecule has 1 heterocycles. The van der Waals surface area contributed by atoms with Crippen LogP contribution in [0.25, 0.3) is 0 Å². The molecule has 0 spiro atoms. The van der Waals surface area contributed by atoms with E-state index < -0.39 is 59.2 Å². The van der Waals surface area contributed by atoms with E-state index in [4.69, 9.17) is 4.74 Å². The summed E-state index contributed by atoms with van der Waals surface area (Å²) < 4.78 is 96.4. The molecule has 9 unspecified atom stereocenters. The lowest BCUT2D eigenvalue weighted by atomic mass is 9.65. The van der Waals surface area contributed by atoms with Crippen LogP contribution in [0.4, 0.5) is 26.3 Å². The van der Waals surface area contributed by atoms with Gasteiger partial charge in [0.2, 0.25) is 5.60 Å². The van der Waals surface area contributed by atoms with Gasteiger partial charge in [0.05, 0.1) is 5.92 Å². The molecule has 10 heteroatoms. The number of carbonyl (C=O) groups excluding carboxylic acids is 2. The van der Waals surface area contributed by atoms with E-state index in [1.54, 1.807) is 0 Å². The Labute approximate surface area is 199 Å². The summed E-state index contributed by atoms with van der Waals surface area (Å²) in [7, 11) is 0. The highest BCUT2D eigenvalue weighted by molar-refractivity contribution is 5.91. The maximum atomic E-state index is 14.4. The average molecular weight is 508 g/mol. The predicted molar refractivity (Wildman–Crippen MR) is 108 cm³/mol. The van der Waals surface area contributed by atoms with Crippen molar-refractivity contribution in [3.05, 3.63) is 0 Å². The Kier molecular flexibility index (Phi) is 4.70. The third-order valence-electron chi connectivity index (χ3n) is 11.2. The fourth-order valence-electron chi connectivity index (χ4n) is 9.65. The number of alkyl halides is 6. The topological polar surface area (TPSA) is 52.6 Å². The smallest absolute Gasteiger partial charge is 0.437 e. The summed E-state index contributed by atoms with van der Waals surface area (Å²) in [4.78, 5) is 25.4. The quantitative estimate of drug-likeness (QED) is 0.272. The second-order valence-electron chi connectivity index (χ2n) is 12.6. The van der Waals surface area contributed by atoms with E-state index in [1.807, 2.05) is 0 Å². The Bertz CT molecular complexity index is 943. The van der Waals surface area contributed by atoms with Crippen LogP contribution >= 0.6 is 0 Å². The van der Waals surface area contributed by atoms with Gasteiger partial charge in [-0.15, -0.1) is 0 Å². The van der Waals surface area contributed by atoms with Crippen molar-refractivity contribution in [2.45, 2.75) is 88.8 Å². The van der Waals surface area contributed by atoms with Gasteiger partial charge in [-0.3, -0.25) is 4.79 Å². The first-order chi connectivity index (χ1) is 16.1. The minimum atomic E-state index is -5.86. The normalized spacial score (nSPS) is 45.2. The molecular formula is C25H30F6O4. The molecule has 6 fully saturated rings. The lowest BCUT2D eigenvalue weighted by Crippen LogP contribution is -2.63. The summed E-state index contributed by atoms with van der Waals surface area (Å²) >= 11 is 0. The Morgan fingerprint density at radius 3 is 2.11 bits per heavy atom. The molecule has 0 aromatic rings. The van der Waals surface area contributed by atoms with Gasteiger partial charge in [0.1, 0.15) is 0 Å². The van der Waals surface area contributed by atoms with Crippen molar-refractivity contribution in [2.24, 2.45) is 52.8 Å². The number of fused-ring (bicyclic) bond motifs is 11. The van der Waals surface area contributed by atoms with Crippen LogP contribution in [0.1, 0.15) is 65.2 Å². The molecule has 196 valence electrons. The number of ether oxygens (including phenoxy) is 2. The zero-order valence-corrected chi connectivity index (χ0v) is 19.7. The number of hydrogen-bond acceptors (Lipinski definition) is 4. The van der Waals surface area contributed by atoms with Crippen molar-refractivity contribution in [2.75, 3.05) is 0 Å². The Morgan fingerprint density at radius 2 is 1.57 bits per heavy atom. The molecular weight excluding hydrogens is 478 g/mol. The summed E-state index contributed by atoms with van der Waals surface area (Å²) in [5.74, 6) is -2.56. The van der Waals surface area contributed by atoms with Gasteiger partial charge in [0.25, 0.3) is 0 Å². The number of hydrogen-bond donors (Lipinski definition) is 0. The van der Waals surface area contributed by atoms with Crippen LogP contribution in [0.5, 0.6) is 0 Å². The molecule has 4 nitrogen and oxygen atoms in total. The summed E-state index contributed by atoms with van der Waals surface area (Å²) in [6.45, 7) is 2.93. The Morgan fingerprint density at radius 1 is 0.943 bits per heavy atom. The van der Waals surface area contributed by atoms with E-state index in [1.165, 1.54) is 13.8 Å². The van der Waals surface area contributed by atoms with Crippen LogP contribution in [0.15, 0.2) is 0 Å². The van der Waals surface area contributed by atoms with Gasteiger partial charge in [-0.05, 0) is 86.4 Å². The second kappa shape index (κ2) is 6.88. The van der Waals surface area contributed by atoms with Gasteiger partial charge >= 0.3 is 29.9 Å². The third-order valence-corrected chi connectivity index (χ3v) is 11.2. The first-order valence-corrected chi connectivity index (χ1v) is 12.7. The summed E-state index contributed by atoms with van der Waals surface area (Å²) in [6.07, 6.45) is -8.90.